The van der Waals surface area contributed by atoms with E-state index in [0.717, 1.165) is 22.3 Å². The van der Waals surface area contributed by atoms with Crippen LogP contribution in [0.5, 0.6) is 0 Å². The number of aromatic amines is 1. The van der Waals surface area contributed by atoms with Gasteiger partial charge < -0.3 is 10.7 Å². The summed E-state index contributed by atoms with van der Waals surface area (Å²) in [4.78, 5) is 3.18. The molecule has 1 heterocycles. The van der Waals surface area contributed by atoms with Gasteiger partial charge in [0.2, 0.25) is 0 Å². The molecule has 16 heavy (non-hydrogen) atoms. The minimum Gasteiger partial charge on any atom is -0.398 e. The highest BCUT2D eigenvalue weighted by Gasteiger charge is 2.02. The first kappa shape index (κ1) is 9.04. The van der Waals surface area contributed by atoms with Gasteiger partial charge in [-0.2, -0.15) is 0 Å². The molecule has 3 aromatic rings. The Morgan fingerprint density at radius 3 is 2.69 bits per heavy atom. The molecule has 0 unspecified atom stereocenters. The molecule has 2 nitrogen and oxygen atoms in total. The van der Waals surface area contributed by atoms with Gasteiger partial charge in [-0.05, 0) is 35.2 Å². The first-order chi connectivity index (χ1) is 7.84. The minimum atomic E-state index is 0.817. The lowest BCUT2D eigenvalue weighted by Gasteiger charge is -2.05. The van der Waals surface area contributed by atoms with Gasteiger partial charge in [0.1, 0.15) is 0 Å². The Morgan fingerprint density at radius 1 is 0.938 bits per heavy atom. The lowest BCUT2D eigenvalue weighted by Crippen LogP contribution is -1.88. The second-order valence-corrected chi connectivity index (χ2v) is 3.87. The summed E-state index contributed by atoms with van der Waals surface area (Å²) in [7, 11) is 0. The minimum absolute atomic E-state index is 0.817. The summed E-state index contributed by atoms with van der Waals surface area (Å²) < 4.78 is 0. The van der Waals surface area contributed by atoms with E-state index in [-0.39, 0.29) is 0 Å². The Bertz CT molecular complexity index is 638. The van der Waals surface area contributed by atoms with Crippen molar-refractivity contribution in [2.75, 3.05) is 5.73 Å². The molecule has 0 aliphatic rings. The second kappa shape index (κ2) is 3.42. The fourth-order valence-corrected chi connectivity index (χ4v) is 1.98. The maximum absolute atomic E-state index is 5.96. The van der Waals surface area contributed by atoms with E-state index in [9.17, 15) is 0 Å². The standard InChI is InChI=1S/C14H12N2/c15-13-4-2-1-3-12(13)10-5-6-14-11(9-10)7-8-16-14/h1-9,16H,15H2. The first-order valence-electron chi connectivity index (χ1n) is 5.26. The van der Waals surface area contributed by atoms with E-state index in [1.54, 1.807) is 0 Å². The van der Waals surface area contributed by atoms with Crippen molar-refractivity contribution < 1.29 is 0 Å². The molecule has 2 aromatic carbocycles. The first-order valence-corrected chi connectivity index (χ1v) is 5.26. The molecular weight excluding hydrogens is 196 g/mol. The largest absolute Gasteiger partial charge is 0.398 e. The number of hydrogen-bond donors (Lipinski definition) is 2. The van der Waals surface area contributed by atoms with Crippen LogP contribution >= 0.6 is 0 Å². The van der Waals surface area contributed by atoms with Gasteiger partial charge in [-0.1, -0.05) is 24.3 Å². The molecule has 2 heteroatoms. The third-order valence-electron chi connectivity index (χ3n) is 2.83. The van der Waals surface area contributed by atoms with Crippen LogP contribution in [0.25, 0.3) is 22.0 Å². The van der Waals surface area contributed by atoms with Crippen molar-refractivity contribution in [1.82, 2.24) is 4.98 Å². The molecule has 1 aromatic heterocycles. The van der Waals surface area contributed by atoms with Gasteiger partial charge in [0.05, 0.1) is 0 Å². The van der Waals surface area contributed by atoms with E-state index < -0.39 is 0 Å². The summed E-state index contributed by atoms with van der Waals surface area (Å²) >= 11 is 0. The topological polar surface area (TPSA) is 41.8 Å². The van der Waals surface area contributed by atoms with Gasteiger partial charge in [-0.3, -0.25) is 0 Å². The zero-order valence-corrected chi connectivity index (χ0v) is 8.77. The maximum atomic E-state index is 5.96. The van der Waals surface area contributed by atoms with Crippen LogP contribution in [0.15, 0.2) is 54.7 Å². The van der Waals surface area contributed by atoms with Crippen LogP contribution in [0.1, 0.15) is 0 Å². The summed E-state index contributed by atoms with van der Waals surface area (Å²) in [5, 5.41) is 1.21. The molecule has 0 amide bonds. The summed E-state index contributed by atoms with van der Waals surface area (Å²) in [6.45, 7) is 0. The molecule has 78 valence electrons. The van der Waals surface area contributed by atoms with Gasteiger partial charge in [-0.25, -0.2) is 0 Å². The fourth-order valence-electron chi connectivity index (χ4n) is 1.98. The molecule has 0 saturated heterocycles. The predicted octanol–water partition coefficient (Wildman–Crippen LogP) is 3.42. The normalized spacial score (nSPS) is 10.8. The summed E-state index contributed by atoms with van der Waals surface area (Å²) in [6, 6.07) is 16.3. The second-order valence-electron chi connectivity index (χ2n) is 3.87. The van der Waals surface area contributed by atoms with Crippen LogP contribution in [0.2, 0.25) is 0 Å². The van der Waals surface area contributed by atoms with Crippen LogP contribution in [0.3, 0.4) is 0 Å². The van der Waals surface area contributed by atoms with Crippen molar-refractivity contribution in [3.63, 3.8) is 0 Å². The van der Waals surface area contributed by atoms with E-state index in [2.05, 4.69) is 29.2 Å². The SMILES string of the molecule is Nc1ccccc1-c1ccc2[nH]ccc2c1. The van der Waals surface area contributed by atoms with Crippen LogP contribution in [0, 0.1) is 0 Å². The zero-order chi connectivity index (χ0) is 11.0. The van der Waals surface area contributed by atoms with Crippen molar-refractivity contribution in [2.24, 2.45) is 0 Å². The third kappa shape index (κ3) is 1.36. The average molecular weight is 208 g/mol. The molecule has 0 saturated carbocycles. The van der Waals surface area contributed by atoms with Crippen molar-refractivity contribution in [1.29, 1.82) is 0 Å². The Kier molecular flexibility index (Phi) is 1.93. The number of hydrogen-bond acceptors (Lipinski definition) is 1. The Labute approximate surface area is 93.7 Å². The summed E-state index contributed by atoms with van der Waals surface area (Å²) in [6.07, 6.45) is 1.95. The highest BCUT2D eigenvalue weighted by Crippen LogP contribution is 2.27. The van der Waals surface area contributed by atoms with Crippen molar-refractivity contribution in [3.05, 3.63) is 54.7 Å². The van der Waals surface area contributed by atoms with E-state index in [1.807, 2.05) is 30.5 Å². The molecule has 0 radical (unpaired) electrons. The molecule has 0 aliphatic heterocycles. The van der Waals surface area contributed by atoms with Gasteiger partial charge in [0.15, 0.2) is 0 Å². The monoisotopic (exact) mass is 208 g/mol. The fraction of sp³-hybridized carbons (Fsp3) is 0. The Balaban J connectivity index is 2.22. The number of rotatable bonds is 1. The molecule has 0 aliphatic carbocycles. The molecule has 3 rings (SSSR count). The van der Waals surface area contributed by atoms with Crippen LogP contribution < -0.4 is 5.73 Å². The highest BCUT2D eigenvalue weighted by atomic mass is 14.7. The lowest BCUT2D eigenvalue weighted by molar-refractivity contribution is 1.48. The Morgan fingerprint density at radius 2 is 1.81 bits per heavy atom. The molecule has 0 spiro atoms. The molecule has 0 atom stereocenters. The molecule has 0 bridgehead atoms. The zero-order valence-electron chi connectivity index (χ0n) is 8.77. The molecule has 3 N–H and O–H groups in total. The van der Waals surface area contributed by atoms with Crippen molar-refractivity contribution in [3.8, 4) is 11.1 Å². The number of nitrogen functional groups attached to an aromatic ring is 1. The number of anilines is 1. The quantitative estimate of drug-likeness (QED) is 0.591. The van der Waals surface area contributed by atoms with E-state index >= 15 is 0 Å². The summed E-state index contributed by atoms with van der Waals surface area (Å²) in [5.74, 6) is 0. The predicted molar refractivity (Wildman–Crippen MR) is 68.1 cm³/mol. The Hall–Kier alpha value is -2.22. The third-order valence-corrected chi connectivity index (χ3v) is 2.83. The van der Waals surface area contributed by atoms with Gasteiger partial charge in [-0.15, -0.1) is 0 Å². The number of aromatic nitrogens is 1. The van der Waals surface area contributed by atoms with E-state index in [0.29, 0.717) is 0 Å². The summed E-state index contributed by atoms with van der Waals surface area (Å²) in [5.41, 5.74) is 10.2. The lowest BCUT2D eigenvalue weighted by atomic mass is 10.0. The number of para-hydroxylation sites is 1. The van der Waals surface area contributed by atoms with Gasteiger partial charge in [0, 0.05) is 23.0 Å². The van der Waals surface area contributed by atoms with Crippen LogP contribution in [-0.4, -0.2) is 4.98 Å². The number of benzene rings is 2. The van der Waals surface area contributed by atoms with E-state index in [1.165, 1.54) is 5.39 Å². The van der Waals surface area contributed by atoms with Gasteiger partial charge >= 0.3 is 0 Å². The van der Waals surface area contributed by atoms with Crippen molar-refractivity contribution in [2.45, 2.75) is 0 Å². The maximum Gasteiger partial charge on any atom is 0.0454 e. The molecular formula is C14H12N2. The van der Waals surface area contributed by atoms with Gasteiger partial charge in [0.25, 0.3) is 0 Å². The highest BCUT2D eigenvalue weighted by molar-refractivity contribution is 5.87. The van der Waals surface area contributed by atoms with Crippen molar-refractivity contribution >= 4 is 16.6 Å². The van der Waals surface area contributed by atoms with E-state index in [4.69, 9.17) is 5.73 Å². The van der Waals surface area contributed by atoms with Crippen LogP contribution in [0.4, 0.5) is 5.69 Å². The van der Waals surface area contributed by atoms with Crippen LogP contribution in [-0.2, 0) is 0 Å². The number of nitrogens with one attached hydrogen (secondary N) is 1. The molecule has 0 fully saturated rings. The number of nitrogens with two attached hydrogens (primary N) is 1. The average Bonchev–Trinajstić information content (AvgIpc) is 2.76. The number of fused-ring (bicyclic) bond motifs is 1. The smallest absolute Gasteiger partial charge is 0.0454 e. The number of H-pyrrole nitrogens is 1.